The van der Waals surface area contributed by atoms with E-state index in [4.69, 9.17) is 21.1 Å². The minimum Gasteiger partial charge on any atom is -0.492 e. The van der Waals surface area contributed by atoms with E-state index in [9.17, 15) is 4.79 Å². The molecule has 0 amide bonds. The van der Waals surface area contributed by atoms with E-state index in [2.05, 4.69) is 0 Å². The first-order valence-corrected chi connectivity index (χ1v) is 5.45. The SMILES string of the molecule is CCOC1=C(c2ccccc2)C(=O)OC1Cl. The minimum atomic E-state index is -0.817. The van der Waals surface area contributed by atoms with Crippen molar-refractivity contribution in [3.05, 3.63) is 41.7 Å². The van der Waals surface area contributed by atoms with Crippen molar-refractivity contribution < 1.29 is 14.3 Å². The molecule has 0 spiro atoms. The molecule has 1 atom stereocenters. The number of ether oxygens (including phenoxy) is 2. The quantitative estimate of drug-likeness (QED) is 0.600. The summed E-state index contributed by atoms with van der Waals surface area (Å²) in [6, 6.07) is 9.22. The summed E-state index contributed by atoms with van der Waals surface area (Å²) in [5.74, 6) is -0.0324. The van der Waals surface area contributed by atoms with Gasteiger partial charge in [-0.2, -0.15) is 0 Å². The van der Waals surface area contributed by atoms with Crippen molar-refractivity contribution in [2.75, 3.05) is 6.61 Å². The predicted molar refractivity (Wildman–Crippen MR) is 60.7 cm³/mol. The molecule has 0 bridgehead atoms. The van der Waals surface area contributed by atoms with Crippen molar-refractivity contribution >= 4 is 23.1 Å². The third kappa shape index (κ3) is 1.91. The summed E-state index contributed by atoms with van der Waals surface area (Å²) >= 11 is 5.87. The molecule has 84 valence electrons. The molecule has 0 aliphatic carbocycles. The van der Waals surface area contributed by atoms with Crippen LogP contribution >= 0.6 is 11.6 Å². The number of cyclic esters (lactones) is 1. The van der Waals surface area contributed by atoms with Gasteiger partial charge in [-0.1, -0.05) is 41.9 Å². The first-order chi connectivity index (χ1) is 7.74. The molecular formula is C12H11ClO3. The van der Waals surface area contributed by atoms with Gasteiger partial charge in [0, 0.05) is 0 Å². The van der Waals surface area contributed by atoms with Crippen LogP contribution in [0.15, 0.2) is 36.1 Å². The van der Waals surface area contributed by atoms with Crippen molar-refractivity contribution in [1.29, 1.82) is 0 Å². The molecular weight excluding hydrogens is 228 g/mol. The van der Waals surface area contributed by atoms with Crippen LogP contribution in [0, 0.1) is 0 Å². The summed E-state index contributed by atoms with van der Waals surface area (Å²) < 4.78 is 10.3. The molecule has 0 N–H and O–H groups in total. The molecule has 0 radical (unpaired) electrons. The fraction of sp³-hybridized carbons (Fsp3) is 0.250. The lowest BCUT2D eigenvalue weighted by Crippen LogP contribution is -2.04. The molecule has 1 unspecified atom stereocenters. The van der Waals surface area contributed by atoms with Gasteiger partial charge in [-0.3, -0.25) is 0 Å². The average molecular weight is 239 g/mol. The van der Waals surface area contributed by atoms with Gasteiger partial charge < -0.3 is 9.47 Å². The Kier molecular flexibility index (Phi) is 3.15. The smallest absolute Gasteiger partial charge is 0.344 e. The maximum atomic E-state index is 11.6. The van der Waals surface area contributed by atoms with E-state index < -0.39 is 11.5 Å². The Morgan fingerprint density at radius 1 is 1.38 bits per heavy atom. The first kappa shape index (κ1) is 11.0. The lowest BCUT2D eigenvalue weighted by molar-refractivity contribution is -0.135. The second kappa shape index (κ2) is 4.58. The highest BCUT2D eigenvalue weighted by Gasteiger charge is 2.35. The van der Waals surface area contributed by atoms with Crippen LogP contribution in [0.3, 0.4) is 0 Å². The lowest BCUT2D eigenvalue weighted by Gasteiger charge is -2.07. The average Bonchev–Trinajstić information content (AvgIpc) is 2.56. The van der Waals surface area contributed by atoms with E-state index >= 15 is 0 Å². The van der Waals surface area contributed by atoms with E-state index in [0.29, 0.717) is 17.9 Å². The van der Waals surface area contributed by atoms with E-state index in [1.807, 2.05) is 37.3 Å². The molecule has 0 saturated heterocycles. The van der Waals surface area contributed by atoms with Crippen LogP contribution < -0.4 is 0 Å². The number of esters is 1. The Morgan fingerprint density at radius 3 is 2.69 bits per heavy atom. The van der Waals surface area contributed by atoms with Gasteiger partial charge in [-0.25, -0.2) is 4.79 Å². The molecule has 0 saturated carbocycles. The highest BCUT2D eigenvalue weighted by atomic mass is 35.5. The Labute approximate surface area is 98.6 Å². The third-order valence-electron chi connectivity index (χ3n) is 2.23. The van der Waals surface area contributed by atoms with Crippen LogP contribution in [-0.2, 0) is 14.3 Å². The number of halogens is 1. The van der Waals surface area contributed by atoms with Crippen molar-refractivity contribution in [1.82, 2.24) is 0 Å². The van der Waals surface area contributed by atoms with Crippen molar-refractivity contribution in [2.45, 2.75) is 12.5 Å². The monoisotopic (exact) mass is 238 g/mol. The lowest BCUT2D eigenvalue weighted by atomic mass is 10.1. The third-order valence-corrected chi connectivity index (χ3v) is 2.52. The summed E-state index contributed by atoms with van der Waals surface area (Å²) in [4.78, 5) is 11.6. The van der Waals surface area contributed by atoms with Gasteiger partial charge in [0.1, 0.15) is 5.57 Å². The van der Waals surface area contributed by atoms with Gasteiger partial charge in [0.2, 0.25) is 5.56 Å². The van der Waals surface area contributed by atoms with Crippen LogP contribution in [0.25, 0.3) is 5.57 Å². The molecule has 3 nitrogen and oxygen atoms in total. The van der Waals surface area contributed by atoms with Gasteiger partial charge in [0.25, 0.3) is 0 Å². The van der Waals surface area contributed by atoms with Gasteiger partial charge in [-0.05, 0) is 12.5 Å². The Morgan fingerprint density at radius 2 is 2.06 bits per heavy atom. The summed E-state index contributed by atoms with van der Waals surface area (Å²) in [5, 5.41) is 0. The highest BCUT2D eigenvalue weighted by Crippen LogP contribution is 2.32. The normalized spacial score (nSPS) is 19.9. The summed E-state index contributed by atoms with van der Waals surface area (Å²) in [6.07, 6.45) is 0. The van der Waals surface area contributed by atoms with E-state index in [1.165, 1.54) is 0 Å². The van der Waals surface area contributed by atoms with E-state index in [-0.39, 0.29) is 0 Å². The van der Waals surface area contributed by atoms with Crippen LogP contribution in [-0.4, -0.2) is 18.1 Å². The van der Waals surface area contributed by atoms with E-state index in [1.54, 1.807) is 0 Å². The van der Waals surface area contributed by atoms with Gasteiger partial charge in [0.15, 0.2) is 5.76 Å². The Bertz CT molecular complexity index is 425. The molecule has 1 heterocycles. The molecule has 1 aromatic rings. The fourth-order valence-electron chi connectivity index (χ4n) is 1.58. The molecule has 2 rings (SSSR count). The predicted octanol–water partition coefficient (Wildman–Crippen LogP) is 2.56. The molecule has 4 heteroatoms. The van der Waals surface area contributed by atoms with Gasteiger partial charge >= 0.3 is 5.97 Å². The minimum absolute atomic E-state index is 0.403. The van der Waals surface area contributed by atoms with Crippen molar-refractivity contribution in [3.63, 3.8) is 0 Å². The zero-order valence-corrected chi connectivity index (χ0v) is 9.53. The van der Waals surface area contributed by atoms with Crippen LogP contribution in [0.4, 0.5) is 0 Å². The number of hydrogen-bond donors (Lipinski definition) is 0. The molecule has 1 aliphatic heterocycles. The molecule has 1 aliphatic rings. The summed E-state index contributed by atoms with van der Waals surface area (Å²) in [5.41, 5.74) is 0.365. The number of carbonyl (C=O) groups excluding carboxylic acids is 1. The number of benzene rings is 1. The van der Waals surface area contributed by atoms with Crippen molar-refractivity contribution in [3.8, 4) is 0 Å². The number of rotatable bonds is 3. The number of carbonyl (C=O) groups is 1. The molecule has 0 fully saturated rings. The standard InChI is InChI=1S/C12H11ClO3/c1-2-15-10-9(12(14)16-11(10)13)8-6-4-3-5-7-8/h3-7,11H,2H2,1H3. The van der Waals surface area contributed by atoms with Crippen LogP contribution in [0.1, 0.15) is 12.5 Å². The zero-order valence-electron chi connectivity index (χ0n) is 8.77. The second-order valence-corrected chi connectivity index (χ2v) is 3.66. The van der Waals surface area contributed by atoms with Gasteiger partial charge in [0.05, 0.1) is 6.61 Å². The number of hydrogen-bond acceptors (Lipinski definition) is 3. The van der Waals surface area contributed by atoms with E-state index in [0.717, 1.165) is 5.56 Å². The molecule has 1 aromatic carbocycles. The largest absolute Gasteiger partial charge is 0.492 e. The zero-order chi connectivity index (χ0) is 11.5. The highest BCUT2D eigenvalue weighted by molar-refractivity contribution is 6.29. The Hall–Kier alpha value is -1.48. The maximum Gasteiger partial charge on any atom is 0.344 e. The maximum absolute atomic E-state index is 11.6. The molecule has 16 heavy (non-hydrogen) atoms. The van der Waals surface area contributed by atoms with Crippen molar-refractivity contribution in [2.24, 2.45) is 0 Å². The molecule has 0 aromatic heterocycles. The summed E-state index contributed by atoms with van der Waals surface area (Å²) in [7, 11) is 0. The van der Waals surface area contributed by atoms with Crippen LogP contribution in [0.5, 0.6) is 0 Å². The second-order valence-electron chi connectivity index (χ2n) is 3.26. The fourth-order valence-corrected chi connectivity index (χ4v) is 1.83. The Balaban J connectivity index is 2.45. The van der Waals surface area contributed by atoms with Crippen LogP contribution in [0.2, 0.25) is 0 Å². The summed E-state index contributed by atoms with van der Waals surface area (Å²) in [6.45, 7) is 2.29. The van der Waals surface area contributed by atoms with Gasteiger partial charge in [-0.15, -0.1) is 0 Å². The topological polar surface area (TPSA) is 35.5 Å². The first-order valence-electron chi connectivity index (χ1n) is 5.01. The number of alkyl halides is 1.